The lowest BCUT2D eigenvalue weighted by Crippen LogP contribution is -2.50. The summed E-state index contributed by atoms with van der Waals surface area (Å²) in [4.78, 5) is 15.5. The number of piperazine rings is 1. The Morgan fingerprint density at radius 3 is 2.33 bits per heavy atom. The molecule has 0 spiro atoms. The molecule has 1 saturated carbocycles. The number of benzene rings is 1. The Morgan fingerprint density at radius 2 is 1.70 bits per heavy atom. The second kappa shape index (κ2) is 10.3. The molecule has 2 fully saturated rings. The third-order valence-corrected chi connectivity index (χ3v) is 8.80. The van der Waals surface area contributed by atoms with Crippen LogP contribution in [0.5, 0.6) is 5.75 Å². The molecule has 180 valence electrons. The molecular formula is C24H34N4O4S. The zero-order chi connectivity index (χ0) is 23.4. The van der Waals surface area contributed by atoms with Crippen LogP contribution in [0.25, 0.3) is 0 Å². The van der Waals surface area contributed by atoms with Crippen molar-refractivity contribution in [2.75, 3.05) is 31.1 Å². The molecule has 0 atom stereocenters. The van der Waals surface area contributed by atoms with E-state index in [1.807, 2.05) is 35.2 Å². The molecule has 1 aliphatic heterocycles. The molecule has 1 saturated heterocycles. The minimum absolute atomic E-state index is 0.0281. The van der Waals surface area contributed by atoms with Gasteiger partial charge in [-0.25, -0.2) is 13.1 Å². The lowest BCUT2D eigenvalue weighted by atomic mass is 9.98. The van der Waals surface area contributed by atoms with Crippen LogP contribution in [0.4, 0.5) is 5.69 Å². The van der Waals surface area contributed by atoms with E-state index in [0.29, 0.717) is 44.2 Å². The number of aromatic nitrogens is 2. The highest BCUT2D eigenvalue weighted by Gasteiger charge is 2.31. The predicted molar refractivity (Wildman–Crippen MR) is 129 cm³/mol. The Labute approximate surface area is 196 Å². The van der Waals surface area contributed by atoms with E-state index in [1.54, 1.807) is 24.3 Å². The lowest BCUT2D eigenvalue weighted by Gasteiger charge is -2.37. The molecule has 2 heterocycles. The average molecular weight is 475 g/mol. The summed E-state index contributed by atoms with van der Waals surface area (Å²) in [5.41, 5.74) is 1.42. The standard InChI is InChI=1S/C24H34N4O4S/c1-19(2)33(30,31)27-15-13-26(14-16-27)22-17-25-28(18-20-9-5-3-6-10-20)24(29)23(22)32-21-11-7-4-8-12-21/h3,5-6,9-10,17,19,21H,4,7-8,11-16,18H2,1-2H3. The van der Waals surface area contributed by atoms with Gasteiger partial charge in [-0.15, -0.1) is 0 Å². The fourth-order valence-corrected chi connectivity index (χ4v) is 5.77. The van der Waals surface area contributed by atoms with Gasteiger partial charge < -0.3 is 9.64 Å². The van der Waals surface area contributed by atoms with Crippen molar-refractivity contribution >= 4 is 15.7 Å². The van der Waals surface area contributed by atoms with Gasteiger partial charge in [-0.3, -0.25) is 4.79 Å². The maximum atomic E-state index is 13.5. The predicted octanol–water partition coefficient (Wildman–Crippen LogP) is 2.86. The summed E-state index contributed by atoms with van der Waals surface area (Å²) in [6.07, 6.45) is 7.04. The van der Waals surface area contributed by atoms with Gasteiger partial charge in [0.2, 0.25) is 15.8 Å². The van der Waals surface area contributed by atoms with Gasteiger partial charge in [-0.05, 0) is 45.1 Å². The van der Waals surface area contributed by atoms with Gasteiger partial charge in [0.1, 0.15) is 5.69 Å². The lowest BCUT2D eigenvalue weighted by molar-refractivity contribution is 0.151. The molecule has 1 aliphatic carbocycles. The summed E-state index contributed by atoms with van der Waals surface area (Å²) in [6, 6.07) is 9.77. The number of hydrogen-bond donors (Lipinski definition) is 0. The smallest absolute Gasteiger partial charge is 0.311 e. The van der Waals surface area contributed by atoms with Crippen LogP contribution in [0.15, 0.2) is 41.3 Å². The summed E-state index contributed by atoms with van der Waals surface area (Å²) in [6.45, 7) is 5.55. The second-order valence-corrected chi connectivity index (χ2v) is 11.7. The van der Waals surface area contributed by atoms with Crippen LogP contribution in [0, 0.1) is 0 Å². The highest BCUT2D eigenvalue weighted by molar-refractivity contribution is 7.89. The van der Waals surface area contributed by atoms with E-state index in [0.717, 1.165) is 31.2 Å². The fourth-order valence-electron chi connectivity index (χ4n) is 4.50. The first-order chi connectivity index (χ1) is 15.9. The number of hydrogen-bond acceptors (Lipinski definition) is 6. The Balaban J connectivity index is 1.60. The number of sulfonamides is 1. The molecule has 0 N–H and O–H groups in total. The van der Waals surface area contributed by atoms with E-state index in [-0.39, 0.29) is 11.7 Å². The van der Waals surface area contributed by atoms with Gasteiger partial charge in [-0.2, -0.15) is 9.40 Å². The summed E-state index contributed by atoms with van der Waals surface area (Å²) in [5.74, 6) is 0.341. The minimum Gasteiger partial charge on any atom is -0.483 e. The van der Waals surface area contributed by atoms with Gasteiger partial charge >= 0.3 is 5.56 Å². The zero-order valence-electron chi connectivity index (χ0n) is 19.5. The van der Waals surface area contributed by atoms with Crippen molar-refractivity contribution in [3.8, 4) is 5.75 Å². The molecule has 0 bridgehead atoms. The van der Waals surface area contributed by atoms with E-state index in [9.17, 15) is 13.2 Å². The van der Waals surface area contributed by atoms with Crippen LogP contribution in [0.1, 0.15) is 51.5 Å². The highest BCUT2D eigenvalue weighted by Crippen LogP contribution is 2.29. The molecular weight excluding hydrogens is 440 g/mol. The van der Waals surface area contributed by atoms with Crippen molar-refractivity contribution in [1.82, 2.24) is 14.1 Å². The third-order valence-electron chi connectivity index (χ3n) is 6.53. The van der Waals surface area contributed by atoms with E-state index >= 15 is 0 Å². The Bertz CT molecular complexity index is 1090. The number of ether oxygens (including phenoxy) is 1. The zero-order valence-corrected chi connectivity index (χ0v) is 20.3. The molecule has 1 aromatic heterocycles. The van der Waals surface area contributed by atoms with Gasteiger partial charge in [0.05, 0.1) is 24.1 Å². The van der Waals surface area contributed by atoms with Crippen LogP contribution in [0.3, 0.4) is 0 Å². The molecule has 0 amide bonds. The van der Waals surface area contributed by atoms with Crippen LogP contribution in [0.2, 0.25) is 0 Å². The normalized spacial score (nSPS) is 18.6. The molecule has 4 rings (SSSR count). The topological polar surface area (TPSA) is 84.7 Å². The van der Waals surface area contributed by atoms with Crippen LogP contribution in [-0.4, -0.2) is 60.0 Å². The van der Waals surface area contributed by atoms with Crippen molar-refractivity contribution in [2.45, 2.75) is 63.9 Å². The van der Waals surface area contributed by atoms with Gasteiger partial charge in [0, 0.05) is 26.2 Å². The van der Waals surface area contributed by atoms with E-state index in [4.69, 9.17) is 4.74 Å². The monoisotopic (exact) mass is 474 g/mol. The molecule has 33 heavy (non-hydrogen) atoms. The van der Waals surface area contributed by atoms with Crippen LogP contribution >= 0.6 is 0 Å². The molecule has 0 unspecified atom stereocenters. The highest BCUT2D eigenvalue weighted by atomic mass is 32.2. The molecule has 8 nitrogen and oxygen atoms in total. The van der Waals surface area contributed by atoms with E-state index in [2.05, 4.69) is 5.10 Å². The molecule has 2 aliphatic rings. The van der Waals surface area contributed by atoms with Crippen molar-refractivity contribution in [1.29, 1.82) is 0 Å². The molecule has 9 heteroatoms. The molecule has 0 radical (unpaired) electrons. The summed E-state index contributed by atoms with van der Waals surface area (Å²) >= 11 is 0. The van der Waals surface area contributed by atoms with Gasteiger partial charge in [0.25, 0.3) is 0 Å². The first-order valence-corrected chi connectivity index (χ1v) is 13.4. The molecule has 1 aromatic carbocycles. The van der Waals surface area contributed by atoms with E-state index < -0.39 is 15.3 Å². The van der Waals surface area contributed by atoms with Crippen molar-refractivity contribution < 1.29 is 13.2 Å². The number of nitrogens with zero attached hydrogens (tertiary/aromatic N) is 4. The SMILES string of the molecule is CC(C)S(=O)(=O)N1CCN(c2cnn(Cc3ccccc3)c(=O)c2OC2CCCCC2)CC1. The summed E-state index contributed by atoms with van der Waals surface area (Å²) in [7, 11) is -3.29. The fraction of sp³-hybridized carbons (Fsp3) is 0.583. The molecule has 2 aromatic rings. The summed E-state index contributed by atoms with van der Waals surface area (Å²) in [5, 5.41) is 4.00. The largest absolute Gasteiger partial charge is 0.483 e. The number of rotatable bonds is 7. The van der Waals surface area contributed by atoms with Crippen molar-refractivity contribution in [3.63, 3.8) is 0 Å². The quantitative estimate of drug-likeness (QED) is 0.614. The first-order valence-electron chi connectivity index (χ1n) is 11.9. The Hall–Kier alpha value is -2.39. The minimum atomic E-state index is -3.29. The second-order valence-electron chi connectivity index (χ2n) is 9.16. The van der Waals surface area contributed by atoms with Crippen molar-refractivity contribution in [3.05, 3.63) is 52.4 Å². The Kier molecular flexibility index (Phi) is 7.38. The summed E-state index contributed by atoms with van der Waals surface area (Å²) < 4.78 is 34.4. The van der Waals surface area contributed by atoms with E-state index in [1.165, 1.54) is 11.1 Å². The van der Waals surface area contributed by atoms with Crippen LogP contribution in [-0.2, 0) is 16.6 Å². The third kappa shape index (κ3) is 5.41. The van der Waals surface area contributed by atoms with Gasteiger partial charge in [0.15, 0.2) is 0 Å². The van der Waals surface area contributed by atoms with Gasteiger partial charge in [-0.1, -0.05) is 36.8 Å². The van der Waals surface area contributed by atoms with Crippen LogP contribution < -0.4 is 15.2 Å². The Morgan fingerprint density at radius 1 is 1.03 bits per heavy atom. The van der Waals surface area contributed by atoms with Crippen molar-refractivity contribution in [2.24, 2.45) is 0 Å². The maximum absolute atomic E-state index is 13.5. The first kappa shape index (κ1) is 23.8. The average Bonchev–Trinajstić information content (AvgIpc) is 2.83. The number of anilines is 1. The maximum Gasteiger partial charge on any atom is 0.311 e.